The van der Waals surface area contributed by atoms with Gasteiger partial charge in [-0.05, 0) is 23.8 Å². The SMILES string of the molecule is COc1ccc(C(C)(C)CNc2ccncc2C(N)=O)cc1. The van der Waals surface area contributed by atoms with Crippen LogP contribution in [0.25, 0.3) is 0 Å². The quantitative estimate of drug-likeness (QED) is 0.859. The number of hydrogen-bond acceptors (Lipinski definition) is 4. The van der Waals surface area contributed by atoms with Crippen molar-refractivity contribution >= 4 is 11.6 Å². The van der Waals surface area contributed by atoms with Gasteiger partial charge in [0.1, 0.15) is 5.75 Å². The smallest absolute Gasteiger partial charge is 0.252 e. The molecule has 0 aliphatic carbocycles. The molecule has 1 aromatic carbocycles. The Morgan fingerprint density at radius 1 is 1.27 bits per heavy atom. The van der Waals surface area contributed by atoms with E-state index in [-0.39, 0.29) is 5.41 Å². The van der Waals surface area contributed by atoms with Gasteiger partial charge in [0.2, 0.25) is 0 Å². The molecule has 2 rings (SSSR count). The third kappa shape index (κ3) is 3.55. The van der Waals surface area contributed by atoms with E-state index in [9.17, 15) is 4.79 Å². The summed E-state index contributed by atoms with van der Waals surface area (Å²) in [7, 11) is 1.65. The van der Waals surface area contributed by atoms with Crippen molar-refractivity contribution in [1.82, 2.24) is 4.98 Å². The van der Waals surface area contributed by atoms with Crippen LogP contribution in [0.3, 0.4) is 0 Å². The zero-order valence-corrected chi connectivity index (χ0v) is 13.1. The van der Waals surface area contributed by atoms with E-state index in [0.29, 0.717) is 17.8 Å². The van der Waals surface area contributed by atoms with E-state index < -0.39 is 5.91 Å². The molecule has 0 radical (unpaired) electrons. The summed E-state index contributed by atoms with van der Waals surface area (Å²) in [5.74, 6) is 0.343. The minimum Gasteiger partial charge on any atom is -0.497 e. The van der Waals surface area contributed by atoms with E-state index >= 15 is 0 Å². The molecule has 0 spiro atoms. The number of aromatic nitrogens is 1. The van der Waals surface area contributed by atoms with Gasteiger partial charge < -0.3 is 15.8 Å². The number of methoxy groups -OCH3 is 1. The molecule has 22 heavy (non-hydrogen) atoms. The lowest BCUT2D eigenvalue weighted by Crippen LogP contribution is -2.28. The van der Waals surface area contributed by atoms with Crippen molar-refractivity contribution in [2.45, 2.75) is 19.3 Å². The Hall–Kier alpha value is -2.56. The average Bonchev–Trinajstić information content (AvgIpc) is 2.53. The monoisotopic (exact) mass is 299 g/mol. The lowest BCUT2D eigenvalue weighted by molar-refractivity contribution is 0.100. The van der Waals surface area contributed by atoms with Gasteiger partial charge in [-0.2, -0.15) is 0 Å². The van der Waals surface area contributed by atoms with Gasteiger partial charge >= 0.3 is 0 Å². The highest BCUT2D eigenvalue weighted by atomic mass is 16.5. The molecule has 1 amide bonds. The largest absolute Gasteiger partial charge is 0.497 e. The van der Waals surface area contributed by atoms with Crippen LogP contribution in [0.1, 0.15) is 29.8 Å². The van der Waals surface area contributed by atoms with Gasteiger partial charge in [-0.3, -0.25) is 9.78 Å². The number of carbonyl (C=O) groups is 1. The van der Waals surface area contributed by atoms with Crippen molar-refractivity contribution in [2.24, 2.45) is 5.73 Å². The number of nitrogens with one attached hydrogen (secondary N) is 1. The van der Waals surface area contributed by atoms with Gasteiger partial charge in [0.15, 0.2) is 0 Å². The first kappa shape index (κ1) is 15.8. The number of carbonyl (C=O) groups excluding carboxylic acids is 1. The highest BCUT2D eigenvalue weighted by molar-refractivity contribution is 5.98. The summed E-state index contributed by atoms with van der Waals surface area (Å²) in [6.07, 6.45) is 3.11. The molecule has 2 aromatic rings. The molecular weight excluding hydrogens is 278 g/mol. The summed E-state index contributed by atoms with van der Waals surface area (Å²) in [5, 5.41) is 3.29. The number of nitrogens with two attached hydrogens (primary N) is 1. The molecule has 0 bridgehead atoms. The Bertz CT molecular complexity index is 651. The van der Waals surface area contributed by atoms with Gasteiger partial charge in [0, 0.05) is 24.4 Å². The molecule has 0 aliphatic rings. The number of benzene rings is 1. The molecule has 0 saturated heterocycles. The predicted molar refractivity (Wildman–Crippen MR) is 87.3 cm³/mol. The van der Waals surface area contributed by atoms with Crippen molar-refractivity contribution in [1.29, 1.82) is 0 Å². The van der Waals surface area contributed by atoms with Crippen molar-refractivity contribution in [3.05, 3.63) is 53.9 Å². The molecule has 0 aliphatic heterocycles. The van der Waals surface area contributed by atoms with E-state index in [1.54, 1.807) is 19.4 Å². The second kappa shape index (κ2) is 6.47. The second-order valence-electron chi connectivity index (χ2n) is 5.75. The number of rotatable bonds is 6. The van der Waals surface area contributed by atoms with Crippen LogP contribution >= 0.6 is 0 Å². The van der Waals surface area contributed by atoms with Crippen molar-refractivity contribution in [2.75, 3.05) is 19.0 Å². The molecule has 5 nitrogen and oxygen atoms in total. The molecule has 0 saturated carbocycles. The van der Waals surface area contributed by atoms with Gasteiger partial charge in [-0.25, -0.2) is 0 Å². The standard InChI is InChI=1S/C17H21N3O2/c1-17(2,12-4-6-13(22-3)7-5-12)11-20-15-8-9-19-10-14(15)16(18)21/h4-10H,11H2,1-3H3,(H2,18,21)(H,19,20). The van der Waals surface area contributed by atoms with Crippen LogP contribution < -0.4 is 15.8 Å². The first-order chi connectivity index (χ1) is 10.4. The topological polar surface area (TPSA) is 77.2 Å². The zero-order chi connectivity index (χ0) is 16.2. The fraction of sp³-hybridized carbons (Fsp3) is 0.294. The Labute approximate surface area is 130 Å². The third-order valence-electron chi connectivity index (χ3n) is 3.68. The van der Waals surface area contributed by atoms with E-state index in [1.165, 1.54) is 11.8 Å². The van der Waals surface area contributed by atoms with Crippen LogP contribution in [0.4, 0.5) is 5.69 Å². The van der Waals surface area contributed by atoms with Crippen molar-refractivity contribution < 1.29 is 9.53 Å². The summed E-state index contributed by atoms with van der Waals surface area (Å²) >= 11 is 0. The van der Waals surface area contributed by atoms with Crippen LogP contribution in [0.2, 0.25) is 0 Å². The molecule has 0 atom stereocenters. The fourth-order valence-electron chi connectivity index (χ4n) is 2.21. The Balaban J connectivity index is 2.13. The first-order valence-electron chi connectivity index (χ1n) is 7.06. The number of anilines is 1. The van der Waals surface area contributed by atoms with Gasteiger partial charge in [-0.1, -0.05) is 26.0 Å². The average molecular weight is 299 g/mol. The maximum atomic E-state index is 11.4. The van der Waals surface area contributed by atoms with Crippen LogP contribution in [0.5, 0.6) is 5.75 Å². The first-order valence-corrected chi connectivity index (χ1v) is 7.06. The highest BCUT2D eigenvalue weighted by Gasteiger charge is 2.21. The summed E-state index contributed by atoms with van der Waals surface area (Å²) in [6.45, 7) is 4.92. The van der Waals surface area contributed by atoms with Gasteiger partial charge in [0.25, 0.3) is 5.91 Å². The van der Waals surface area contributed by atoms with Crippen molar-refractivity contribution in [3.63, 3.8) is 0 Å². The molecular formula is C17H21N3O2. The van der Waals surface area contributed by atoms with Gasteiger partial charge in [0.05, 0.1) is 18.4 Å². The molecule has 5 heteroatoms. The summed E-state index contributed by atoms with van der Waals surface area (Å²) in [6, 6.07) is 9.73. The lowest BCUT2D eigenvalue weighted by Gasteiger charge is -2.27. The summed E-state index contributed by atoms with van der Waals surface area (Å²) in [5.41, 5.74) is 7.51. The van der Waals surface area contributed by atoms with E-state index in [0.717, 1.165) is 5.75 Å². The number of primary amides is 1. The number of ether oxygens (including phenoxy) is 1. The highest BCUT2D eigenvalue weighted by Crippen LogP contribution is 2.26. The zero-order valence-electron chi connectivity index (χ0n) is 13.1. The molecule has 3 N–H and O–H groups in total. The number of pyridine rings is 1. The minimum atomic E-state index is -0.488. The van der Waals surface area contributed by atoms with Crippen molar-refractivity contribution in [3.8, 4) is 5.75 Å². The molecule has 116 valence electrons. The second-order valence-corrected chi connectivity index (χ2v) is 5.75. The van der Waals surface area contributed by atoms with E-state index in [1.807, 2.05) is 24.3 Å². The van der Waals surface area contributed by atoms with Gasteiger partial charge in [-0.15, -0.1) is 0 Å². The maximum Gasteiger partial charge on any atom is 0.252 e. The van der Waals surface area contributed by atoms with Crippen LogP contribution in [0.15, 0.2) is 42.7 Å². The number of amides is 1. The third-order valence-corrected chi connectivity index (χ3v) is 3.68. The summed E-state index contributed by atoms with van der Waals surface area (Å²) < 4.78 is 5.18. The van der Waals surface area contributed by atoms with E-state index in [4.69, 9.17) is 10.5 Å². The molecule has 0 unspecified atom stereocenters. The summed E-state index contributed by atoms with van der Waals surface area (Å²) in [4.78, 5) is 15.3. The Morgan fingerprint density at radius 3 is 2.55 bits per heavy atom. The molecule has 1 heterocycles. The van der Waals surface area contributed by atoms with Crippen LogP contribution in [0, 0.1) is 0 Å². The molecule has 1 aromatic heterocycles. The maximum absolute atomic E-state index is 11.4. The van der Waals surface area contributed by atoms with Crippen LogP contribution in [-0.2, 0) is 5.41 Å². The predicted octanol–water partition coefficient (Wildman–Crippen LogP) is 2.58. The Kier molecular flexibility index (Phi) is 4.65. The minimum absolute atomic E-state index is 0.121. The van der Waals surface area contributed by atoms with Crippen LogP contribution in [-0.4, -0.2) is 24.5 Å². The fourth-order valence-corrected chi connectivity index (χ4v) is 2.21. The Morgan fingerprint density at radius 2 is 1.95 bits per heavy atom. The number of hydrogen-bond donors (Lipinski definition) is 2. The normalized spacial score (nSPS) is 11.0. The lowest BCUT2D eigenvalue weighted by atomic mass is 9.84. The van der Waals surface area contributed by atoms with E-state index in [2.05, 4.69) is 24.1 Å². The number of nitrogens with zero attached hydrogens (tertiary/aromatic N) is 1. The molecule has 0 fully saturated rings.